The van der Waals surface area contributed by atoms with E-state index in [9.17, 15) is 4.79 Å². The normalized spacial score (nSPS) is 10.5. The molecule has 0 aliphatic rings. The number of benzene rings is 1. The average molecular weight is 328 g/mol. The van der Waals surface area contributed by atoms with Crippen molar-refractivity contribution in [2.75, 3.05) is 25.4 Å². The van der Waals surface area contributed by atoms with Crippen LogP contribution in [0.1, 0.15) is 36.8 Å². The summed E-state index contributed by atoms with van der Waals surface area (Å²) in [7, 11) is 0. The topological polar surface area (TPSA) is 81.3 Å². The van der Waals surface area contributed by atoms with Gasteiger partial charge in [0, 0.05) is 18.7 Å². The number of rotatable bonds is 6. The van der Waals surface area contributed by atoms with Gasteiger partial charge in [-0.2, -0.15) is 0 Å². The minimum atomic E-state index is -0.0886. The Morgan fingerprint density at radius 2 is 1.92 bits per heavy atom. The summed E-state index contributed by atoms with van der Waals surface area (Å²) in [6.45, 7) is 9.42. The minimum absolute atomic E-state index is 0.0886. The first kappa shape index (κ1) is 17.7. The van der Waals surface area contributed by atoms with E-state index in [1.807, 2.05) is 45.0 Å². The predicted octanol–water partition coefficient (Wildman–Crippen LogP) is 2.91. The van der Waals surface area contributed by atoms with E-state index in [-0.39, 0.29) is 11.9 Å². The molecule has 0 spiro atoms. The van der Waals surface area contributed by atoms with Crippen LogP contribution >= 0.6 is 0 Å². The number of aryl methyl sites for hydroxylation is 1. The Hall–Kier alpha value is -2.63. The van der Waals surface area contributed by atoms with Crippen molar-refractivity contribution in [2.24, 2.45) is 0 Å². The number of nitrogens with two attached hydrogens (primary N) is 1. The number of nitrogen functional groups attached to an aromatic ring is 1. The van der Waals surface area contributed by atoms with Crippen LogP contribution in [0, 0.1) is 6.92 Å². The maximum Gasteiger partial charge on any atom is 0.257 e. The second-order valence-electron chi connectivity index (χ2n) is 5.33. The molecule has 1 aromatic heterocycles. The molecule has 0 saturated carbocycles. The summed E-state index contributed by atoms with van der Waals surface area (Å²) >= 11 is 0. The van der Waals surface area contributed by atoms with Crippen molar-refractivity contribution < 1.29 is 9.53 Å². The summed E-state index contributed by atoms with van der Waals surface area (Å²) in [5, 5.41) is 0. The van der Waals surface area contributed by atoms with Crippen LogP contribution in [0.5, 0.6) is 5.75 Å². The first-order valence-electron chi connectivity index (χ1n) is 8.18. The molecule has 0 aliphatic heterocycles. The summed E-state index contributed by atoms with van der Waals surface area (Å²) in [4.78, 5) is 23.2. The Kier molecular flexibility index (Phi) is 5.73. The lowest BCUT2D eigenvalue weighted by molar-refractivity contribution is 0.0772. The molecule has 0 saturated heterocycles. The first-order valence-corrected chi connectivity index (χ1v) is 8.18. The lowest BCUT2D eigenvalue weighted by atomic mass is 10.0. The molecule has 2 rings (SSSR count). The maximum atomic E-state index is 12.9. The molecule has 1 aromatic carbocycles. The highest BCUT2D eigenvalue weighted by Gasteiger charge is 2.23. The molecule has 0 fully saturated rings. The number of nitrogens with zero attached hydrogens (tertiary/aromatic N) is 3. The second-order valence-corrected chi connectivity index (χ2v) is 5.33. The van der Waals surface area contributed by atoms with E-state index in [0.29, 0.717) is 36.6 Å². The van der Waals surface area contributed by atoms with Crippen molar-refractivity contribution in [2.45, 2.75) is 27.7 Å². The molecule has 0 radical (unpaired) electrons. The summed E-state index contributed by atoms with van der Waals surface area (Å²) in [5.74, 6) is 0.792. The Labute approximate surface area is 142 Å². The van der Waals surface area contributed by atoms with Crippen molar-refractivity contribution in [3.63, 3.8) is 0 Å². The number of hydrogen-bond donors (Lipinski definition) is 1. The lowest BCUT2D eigenvalue weighted by Crippen LogP contribution is -2.32. The molecule has 0 atom stereocenters. The van der Waals surface area contributed by atoms with E-state index in [2.05, 4.69) is 9.97 Å². The van der Waals surface area contributed by atoms with Crippen molar-refractivity contribution >= 4 is 11.9 Å². The summed E-state index contributed by atoms with van der Waals surface area (Å²) in [6, 6.07) is 7.50. The average Bonchev–Trinajstić information content (AvgIpc) is 2.55. The van der Waals surface area contributed by atoms with Gasteiger partial charge in [-0.15, -0.1) is 0 Å². The molecule has 0 bridgehead atoms. The van der Waals surface area contributed by atoms with Gasteiger partial charge >= 0.3 is 0 Å². The van der Waals surface area contributed by atoms with E-state index in [1.165, 1.54) is 0 Å². The summed E-state index contributed by atoms with van der Waals surface area (Å²) in [6.07, 6.45) is 0. The molecule has 2 N–H and O–H groups in total. The predicted molar refractivity (Wildman–Crippen MR) is 95.0 cm³/mol. The molecule has 1 heterocycles. The Bertz CT molecular complexity index is 727. The zero-order valence-corrected chi connectivity index (χ0v) is 14.7. The SMILES string of the molecule is CCOc1cccc(-c2nc(N)nc(C)c2C(=O)N(CC)CC)c1. The van der Waals surface area contributed by atoms with Crippen LogP contribution < -0.4 is 10.5 Å². The number of carbonyl (C=O) groups is 1. The zero-order chi connectivity index (χ0) is 17.7. The quantitative estimate of drug-likeness (QED) is 0.881. The van der Waals surface area contributed by atoms with Crippen LogP contribution in [0.2, 0.25) is 0 Å². The lowest BCUT2D eigenvalue weighted by Gasteiger charge is -2.21. The van der Waals surface area contributed by atoms with Crippen molar-refractivity contribution in [1.82, 2.24) is 14.9 Å². The highest BCUT2D eigenvalue weighted by atomic mass is 16.5. The highest BCUT2D eigenvalue weighted by Crippen LogP contribution is 2.28. The summed E-state index contributed by atoms with van der Waals surface area (Å²) < 4.78 is 5.55. The molecule has 6 nitrogen and oxygen atoms in total. The van der Waals surface area contributed by atoms with Gasteiger partial charge < -0.3 is 15.4 Å². The number of aromatic nitrogens is 2. The third-order valence-corrected chi connectivity index (χ3v) is 3.79. The maximum absolute atomic E-state index is 12.9. The molecule has 6 heteroatoms. The van der Waals surface area contributed by atoms with E-state index in [0.717, 1.165) is 11.3 Å². The van der Waals surface area contributed by atoms with Crippen LogP contribution in [0.3, 0.4) is 0 Å². The largest absolute Gasteiger partial charge is 0.494 e. The molecule has 128 valence electrons. The molecule has 24 heavy (non-hydrogen) atoms. The number of amides is 1. The van der Waals surface area contributed by atoms with Crippen molar-refractivity contribution in [3.05, 3.63) is 35.5 Å². The Morgan fingerprint density at radius 3 is 2.54 bits per heavy atom. The minimum Gasteiger partial charge on any atom is -0.494 e. The highest BCUT2D eigenvalue weighted by molar-refractivity contribution is 6.01. The fourth-order valence-corrected chi connectivity index (χ4v) is 2.63. The number of ether oxygens (including phenoxy) is 1. The van der Waals surface area contributed by atoms with Crippen molar-refractivity contribution in [3.8, 4) is 17.0 Å². The van der Waals surface area contributed by atoms with Crippen LogP contribution in [-0.4, -0.2) is 40.5 Å². The third kappa shape index (κ3) is 3.64. The van der Waals surface area contributed by atoms with E-state index in [1.54, 1.807) is 11.8 Å². The number of carbonyl (C=O) groups excluding carboxylic acids is 1. The van der Waals surface area contributed by atoms with E-state index in [4.69, 9.17) is 10.5 Å². The number of hydrogen-bond acceptors (Lipinski definition) is 5. The van der Waals surface area contributed by atoms with Crippen LogP contribution in [0.25, 0.3) is 11.3 Å². The Morgan fingerprint density at radius 1 is 1.21 bits per heavy atom. The number of anilines is 1. The van der Waals surface area contributed by atoms with Crippen LogP contribution in [-0.2, 0) is 0 Å². The van der Waals surface area contributed by atoms with Gasteiger partial charge in [-0.25, -0.2) is 9.97 Å². The third-order valence-electron chi connectivity index (χ3n) is 3.79. The van der Waals surface area contributed by atoms with Gasteiger partial charge in [0.2, 0.25) is 5.95 Å². The second kappa shape index (κ2) is 7.77. The molecular formula is C18H24N4O2. The fraction of sp³-hybridized carbons (Fsp3) is 0.389. The monoisotopic (exact) mass is 328 g/mol. The first-order chi connectivity index (χ1) is 11.5. The van der Waals surface area contributed by atoms with Gasteiger partial charge in [0.05, 0.1) is 23.6 Å². The van der Waals surface area contributed by atoms with E-state index < -0.39 is 0 Å². The molecule has 2 aromatic rings. The van der Waals surface area contributed by atoms with Crippen LogP contribution in [0.15, 0.2) is 24.3 Å². The van der Waals surface area contributed by atoms with E-state index >= 15 is 0 Å². The fourth-order valence-electron chi connectivity index (χ4n) is 2.63. The van der Waals surface area contributed by atoms with Gasteiger partial charge in [0.25, 0.3) is 5.91 Å². The van der Waals surface area contributed by atoms with Crippen molar-refractivity contribution in [1.29, 1.82) is 0 Å². The molecule has 1 amide bonds. The van der Waals surface area contributed by atoms with Gasteiger partial charge in [-0.3, -0.25) is 4.79 Å². The van der Waals surface area contributed by atoms with Gasteiger partial charge in [0.1, 0.15) is 5.75 Å². The Balaban J connectivity index is 2.61. The van der Waals surface area contributed by atoms with Gasteiger partial charge in [-0.1, -0.05) is 12.1 Å². The summed E-state index contributed by atoms with van der Waals surface area (Å²) in [5.41, 5.74) is 8.22. The van der Waals surface area contributed by atoms with Gasteiger partial charge in [0.15, 0.2) is 0 Å². The van der Waals surface area contributed by atoms with Gasteiger partial charge in [-0.05, 0) is 39.8 Å². The smallest absolute Gasteiger partial charge is 0.257 e. The molecule has 0 unspecified atom stereocenters. The standard InChI is InChI=1S/C18H24N4O2/c1-5-22(6-2)17(23)15-12(4)20-18(19)21-16(15)13-9-8-10-14(11-13)24-7-3/h8-11H,5-7H2,1-4H3,(H2,19,20,21). The zero-order valence-electron chi connectivity index (χ0n) is 14.7. The van der Waals surface area contributed by atoms with Crippen LogP contribution in [0.4, 0.5) is 5.95 Å². The molecule has 0 aliphatic carbocycles. The molecular weight excluding hydrogens is 304 g/mol.